The molecule has 0 aliphatic rings. The van der Waals surface area contributed by atoms with Gasteiger partial charge in [-0.2, -0.15) is 0 Å². The predicted octanol–water partition coefficient (Wildman–Crippen LogP) is 3.67. The van der Waals surface area contributed by atoms with Gasteiger partial charge in [-0.1, -0.05) is 80.1 Å². The Balaban J connectivity index is 0. The van der Waals surface area contributed by atoms with Crippen molar-refractivity contribution in [2.75, 3.05) is 0 Å². The molecule has 0 bridgehead atoms. The summed E-state index contributed by atoms with van der Waals surface area (Å²) in [5.41, 5.74) is 2.78. The molecule has 36 heavy (non-hydrogen) atoms. The maximum atomic E-state index is 11.5. The van der Waals surface area contributed by atoms with Gasteiger partial charge in [-0.25, -0.2) is 9.69 Å². The molecule has 0 saturated heterocycles. The number of carbonyl (C=O) groups is 2. The summed E-state index contributed by atoms with van der Waals surface area (Å²) in [5, 5.41) is 0. The summed E-state index contributed by atoms with van der Waals surface area (Å²) in [6.07, 6.45) is 0. The zero-order chi connectivity index (χ0) is 25.7. The summed E-state index contributed by atoms with van der Waals surface area (Å²) in [5.74, 6) is 0.469. The molecule has 3 aromatic rings. The monoisotopic (exact) mass is 510 g/mol. The number of hydrogen-bond acceptors (Lipinski definition) is 5. The van der Waals surface area contributed by atoms with Crippen LogP contribution in [0.15, 0.2) is 87.2 Å². The van der Waals surface area contributed by atoms with Crippen LogP contribution in [0.2, 0.25) is 0 Å². The average molecular weight is 511 g/mol. The molecule has 0 spiro atoms. The second-order valence-electron chi connectivity index (χ2n) is 7.35. The van der Waals surface area contributed by atoms with E-state index >= 15 is 0 Å². The van der Waals surface area contributed by atoms with Crippen molar-refractivity contribution < 1.29 is 70.9 Å². The summed E-state index contributed by atoms with van der Waals surface area (Å²) in [7, 11) is 0. The van der Waals surface area contributed by atoms with Crippen molar-refractivity contribution in [1.29, 1.82) is 0 Å². The quantitative estimate of drug-likeness (QED) is 0.232. The van der Waals surface area contributed by atoms with Crippen molar-refractivity contribution in [3.63, 3.8) is 0 Å². The molecule has 0 amide bonds. The number of allylic oxidation sites excluding steroid dienone is 2. The van der Waals surface area contributed by atoms with Crippen LogP contribution in [0.4, 0.5) is 5.69 Å². The Labute approximate surface area is 254 Å². The SMILES string of the molecule is CC(=O)c1ccccc1.[C-]#[N+]C(C(C)=O)=C(C)C.[C-]#[N+]c1c(C)cc(-c2ccccc2)oc1=O.[K+].[OH-]. The largest absolute Gasteiger partial charge is 1.00 e. The summed E-state index contributed by atoms with van der Waals surface area (Å²) >= 11 is 0. The Bertz CT molecular complexity index is 1310. The van der Waals surface area contributed by atoms with E-state index in [1.54, 1.807) is 33.8 Å². The number of ketones is 2. The maximum absolute atomic E-state index is 11.5. The summed E-state index contributed by atoms with van der Waals surface area (Å²) in [4.78, 5) is 38.9. The van der Waals surface area contributed by atoms with E-state index in [1.165, 1.54) is 6.92 Å². The molecule has 3 rings (SSSR count). The molecule has 8 heteroatoms. The predicted molar refractivity (Wildman–Crippen MR) is 135 cm³/mol. The average Bonchev–Trinajstić information content (AvgIpc) is 2.81. The smallest absolute Gasteiger partial charge is 0.870 e. The number of carbonyl (C=O) groups excluding carboxylic acids is 2. The number of aryl methyl sites for hydroxylation is 1. The molecule has 0 fully saturated rings. The number of Topliss-reactive ketones (excluding diaryl/α,β-unsaturated/α-hetero) is 2. The molecule has 7 nitrogen and oxygen atoms in total. The van der Waals surface area contributed by atoms with Gasteiger partial charge in [-0.05, 0) is 32.4 Å². The van der Waals surface area contributed by atoms with Crippen molar-refractivity contribution in [2.24, 2.45) is 0 Å². The first-order chi connectivity index (χ1) is 16.1. The number of rotatable bonds is 3. The van der Waals surface area contributed by atoms with Crippen LogP contribution in [0.1, 0.15) is 43.6 Å². The van der Waals surface area contributed by atoms with E-state index in [0.717, 1.165) is 16.7 Å². The van der Waals surface area contributed by atoms with Gasteiger partial charge in [0.15, 0.2) is 11.6 Å². The first-order valence-corrected chi connectivity index (χ1v) is 10.3. The molecule has 0 aliphatic carbocycles. The Morgan fingerprint density at radius 3 is 1.67 bits per heavy atom. The second kappa shape index (κ2) is 18.3. The molecule has 0 radical (unpaired) electrons. The van der Waals surface area contributed by atoms with Crippen LogP contribution in [-0.4, -0.2) is 17.0 Å². The van der Waals surface area contributed by atoms with E-state index in [0.29, 0.717) is 11.3 Å². The minimum Gasteiger partial charge on any atom is -0.870 e. The van der Waals surface area contributed by atoms with Gasteiger partial charge in [-0.15, -0.1) is 0 Å². The Hall–Kier alpha value is -2.95. The van der Waals surface area contributed by atoms with Gasteiger partial charge in [0, 0.05) is 11.1 Å². The third-order valence-corrected chi connectivity index (χ3v) is 4.39. The molecule has 180 valence electrons. The molecule has 0 unspecified atom stereocenters. The normalized spacial score (nSPS) is 8.53. The van der Waals surface area contributed by atoms with Crippen LogP contribution < -0.4 is 57.0 Å². The summed E-state index contributed by atoms with van der Waals surface area (Å²) < 4.78 is 5.10. The standard InChI is InChI=1S/C13H9NO2.C8H8O.C7H9NO.K.H2O/c1-9-8-11(10-6-4-3-5-7-10)16-13(15)12(9)14-2;1-7(9)8-5-3-2-4-6-8;1-5(2)7(8-4)6(3)9;;/h3-8H,1H3;2-6H,1H3;1-3H3;;1H2/q;;;+1;/p-1. The summed E-state index contributed by atoms with van der Waals surface area (Å²) in [6.45, 7) is 21.7. The van der Waals surface area contributed by atoms with Crippen molar-refractivity contribution >= 4 is 17.3 Å². The van der Waals surface area contributed by atoms with Crippen molar-refractivity contribution in [2.45, 2.75) is 34.6 Å². The van der Waals surface area contributed by atoms with Crippen LogP contribution in [-0.2, 0) is 4.79 Å². The summed E-state index contributed by atoms with van der Waals surface area (Å²) in [6, 6.07) is 20.3. The zero-order valence-corrected chi connectivity index (χ0v) is 24.4. The van der Waals surface area contributed by atoms with Gasteiger partial charge in [0.2, 0.25) is 5.70 Å². The fourth-order valence-electron chi connectivity index (χ4n) is 2.70. The van der Waals surface area contributed by atoms with Gasteiger partial charge in [0.25, 0.3) is 5.69 Å². The Kier molecular flexibility index (Phi) is 17.9. The third-order valence-electron chi connectivity index (χ3n) is 4.39. The van der Waals surface area contributed by atoms with Crippen LogP contribution in [0.25, 0.3) is 21.0 Å². The molecular weight excluding hydrogens is 483 g/mol. The topological polar surface area (TPSA) is 103 Å². The number of benzene rings is 2. The zero-order valence-electron chi connectivity index (χ0n) is 21.3. The minimum absolute atomic E-state index is 0. The van der Waals surface area contributed by atoms with Crippen molar-refractivity contribution in [3.8, 4) is 11.3 Å². The van der Waals surface area contributed by atoms with Gasteiger partial charge in [0.1, 0.15) is 5.76 Å². The van der Waals surface area contributed by atoms with E-state index in [9.17, 15) is 14.4 Å². The van der Waals surface area contributed by atoms with Gasteiger partial charge in [-0.3, -0.25) is 9.59 Å². The molecule has 0 saturated carbocycles. The molecular formula is C28H27KN2O5. The first kappa shape index (κ1) is 35.2. The van der Waals surface area contributed by atoms with E-state index in [4.69, 9.17) is 17.6 Å². The number of nitrogens with zero attached hydrogens (tertiary/aromatic N) is 2. The van der Waals surface area contributed by atoms with Crippen LogP contribution >= 0.6 is 0 Å². The molecule has 1 heterocycles. The van der Waals surface area contributed by atoms with E-state index in [2.05, 4.69) is 9.69 Å². The third kappa shape index (κ3) is 11.7. The van der Waals surface area contributed by atoms with Gasteiger partial charge >= 0.3 is 57.0 Å². The maximum Gasteiger partial charge on any atom is 1.00 e. The van der Waals surface area contributed by atoms with Gasteiger partial charge in [0.05, 0.1) is 13.1 Å². The van der Waals surface area contributed by atoms with Crippen LogP contribution in [0.5, 0.6) is 0 Å². The minimum atomic E-state index is -0.575. The fraction of sp³-hybridized carbons (Fsp3) is 0.179. The van der Waals surface area contributed by atoms with Crippen molar-refractivity contribution in [1.82, 2.24) is 0 Å². The van der Waals surface area contributed by atoms with Crippen molar-refractivity contribution in [3.05, 3.63) is 122 Å². The molecule has 0 aliphatic heterocycles. The fourth-order valence-corrected chi connectivity index (χ4v) is 2.70. The number of hydrogen-bond donors (Lipinski definition) is 0. The van der Waals surface area contributed by atoms with E-state index in [-0.39, 0.29) is 79.8 Å². The first-order valence-electron chi connectivity index (χ1n) is 10.3. The van der Waals surface area contributed by atoms with Crippen LogP contribution in [0.3, 0.4) is 0 Å². The van der Waals surface area contributed by atoms with Gasteiger partial charge < -0.3 is 14.7 Å². The Morgan fingerprint density at radius 1 is 0.861 bits per heavy atom. The van der Waals surface area contributed by atoms with Crippen LogP contribution in [0, 0.1) is 20.1 Å². The van der Waals surface area contributed by atoms with E-state index < -0.39 is 5.63 Å². The molecule has 0 atom stereocenters. The molecule has 2 aromatic carbocycles. The Morgan fingerprint density at radius 2 is 1.36 bits per heavy atom. The molecule has 1 N–H and O–H groups in total. The second-order valence-corrected chi connectivity index (χ2v) is 7.35. The molecule has 1 aromatic heterocycles. The van der Waals surface area contributed by atoms with E-state index in [1.807, 2.05) is 60.7 Å².